The predicted molar refractivity (Wildman–Crippen MR) is 72.1 cm³/mol. The van der Waals surface area contributed by atoms with Crippen molar-refractivity contribution in [2.45, 2.75) is 36.1 Å². The van der Waals surface area contributed by atoms with Crippen LogP contribution in [0.3, 0.4) is 0 Å². The number of aliphatic hydroxyl groups excluding tert-OH is 2. The van der Waals surface area contributed by atoms with Crippen molar-refractivity contribution in [1.82, 2.24) is 5.32 Å². The highest BCUT2D eigenvalue weighted by Crippen LogP contribution is 2.24. The molecule has 0 aliphatic carbocycles. The number of carboxylic acid groups (broad SMARTS) is 1. The van der Waals surface area contributed by atoms with Crippen LogP contribution < -0.4 is 5.32 Å². The second kappa shape index (κ2) is 7.56. The van der Waals surface area contributed by atoms with Crippen molar-refractivity contribution in [2.75, 3.05) is 18.6 Å². The third kappa shape index (κ3) is 4.01. The summed E-state index contributed by atoms with van der Waals surface area (Å²) < 4.78 is 5.34. The van der Waals surface area contributed by atoms with E-state index in [2.05, 4.69) is 17.9 Å². The van der Waals surface area contributed by atoms with Crippen LogP contribution >= 0.6 is 24.4 Å². The summed E-state index contributed by atoms with van der Waals surface area (Å²) in [6.45, 7) is -0.320. The van der Waals surface area contributed by atoms with Gasteiger partial charge in [0.15, 0.2) is 0 Å². The van der Waals surface area contributed by atoms with Gasteiger partial charge in [0, 0.05) is 0 Å². The van der Waals surface area contributed by atoms with E-state index in [1.807, 2.05) is 6.26 Å². The fourth-order valence-electron chi connectivity index (χ4n) is 1.75. The Balaban J connectivity index is 2.56. The van der Waals surface area contributed by atoms with E-state index in [1.54, 1.807) is 11.8 Å². The fourth-order valence-corrected chi connectivity index (χ4v) is 2.57. The molecule has 1 heterocycles. The van der Waals surface area contributed by atoms with Crippen molar-refractivity contribution in [1.29, 1.82) is 0 Å². The summed E-state index contributed by atoms with van der Waals surface area (Å²) in [4.78, 5) is 11.1. The van der Waals surface area contributed by atoms with Crippen LogP contribution in [0.15, 0.2) is 0 Å². The van der Waals surface area contributed by atoms with Crippen molar-refractivity contribution in [3.05, 3.63) is 0 Å². The molecule has 1 rings (SSSR count). The standard InChI is InChI=1S/C10H19NO5S2/c1-18-3-2-5(10(14)15)11-9-8(17)7(13)6(4-12)16-9/h5-9,11-13,17H,2-4H2,1H3,(H,14,15)/t5-,6+,7+,8+,9?/m0/s1. The zero-order chi connectivity index (χ0) is 13.7. The van der Waals surface area contributed by atoms with Gasteiger partial charge in [0.05, 0.1) is 18.0 Å². The van der Waals surface area contributed by atoms with E-state index < -0.39 is 35.7 Å². The molecule has 0 bridgehead atoms. The van der Waals surface area contributed by atoms with Gasteiger partial charge in [-0.2, -0.15) is 24.4 Å². The molecule has 106 valence electrons. The van der Waals surface area contributed by atoms with E-state index in [0.29, 0.717) is 12.2 Å². The Morgan fingerprint density at radius 2 is 2.28 bits per heavy atom. The molecule has 8 heteroatoms. The molecule has 1 unspecified atom stereocenters. The first-order valence-corrected chi connectivity index (χ1v) is 7.52. The van der Waals surface area contributed by atoms with E-state index in [9.17, 15) is 9.90 Å². The van der Waals surface area contributed by atoms with Crippen molar-refractivity contribution in [3.8, 4) is 0 Å². The maximum absolute atomic E-state index is 11.1. The molecule has 0 aromatic rings. The van der Waals surface area contributed by atoms with Gasteiger partial charge in [0.2, 0.25) is 0 Å². The van der Waals surface area contributed by atoms with E-state index in [1.165, 1.54) is 0 Å². The summed E-state index contributed by atoms with van der Waals surface area (Å²) >= 11 is 5.74. The molecular formula is C10H19NO5S2. The van der Waals surface area contributed by atoms with Crippen molar-refractivity contribution in [2.24, 2.45) is 0 Å². The van der Waals surface area contributed by atoms with Crippen LogP contribution in [0.4, 0.5) is 0 Å². The number of carboxylic acids is 1. The highest BCUT2D eigenvalue weighted by Gasteiger charge is 2.42. The number of rotatable bonds is 7. The van der Waals surface area contributed by atoms with Crippen LogP contribution in [0.25, 0.3) is 0 Å². The Morgan fingerprint density at radius 3 is 2.72 bits per heavy atom. The first-order valence-electron chi connectivity index (χ1n) is 5.61. The summed E-state index contributed by atoms with van der Waals surface area (Å²) in [5.41, 5.74) is 0. The Hall–Kier alpha value is 0.0100. The van der Waals surface area contributed by atoms with E-state index in [0.717, 1.165) is 0 Å². The normalized spacial score (nSPS) is 33.6. The lowest BCUT2D eigenvalue weighted by Gasteiger charge is -2.21. The minimum absolute atomic E-state index is 0.320. The zero-order valence-corrected chi connectivity index (χ0v) is 11.7. The maximum atomic E-state index is 11.1. The largest absolute Gasteiger partial charge is 0.480 e. The molecule has 1 aliphatic rings. The molecule has 0 radical (unpaired) electrons. The molecule has 0 amide bonds. The zero-order valence-electron chi connectivity index (χ0n) is 10.0. The number of thiol groups is 1. The molecule has 18 heavy (non-hydrogen) atoms. The average molecular weight is 297 g/mol. The molecule has 4 N–H and O–H groups in total. The summed E-state index contributed by atoms with van der Waals surface area (Å²) in [6.07, 6.45) is 0.0450. The molecule has 1 fully saturated rings. The molecule has 0 saturated carbocycles. The first kappa shape index (κ1) is 16.1. The Kier molecular flexibility index (Phi) is 6.75. The van der Waals surface area contributed by atoms with Crippen molar-refractivity contribution < 1.29 is 24.9 Å². The van der Waals surface area contributed by atoms with Gasteiger partial charge in [-0.1, -0.05) is 0 Å². The number of aliphatic carboxylic acids is 1. The number of carbonyl (C=O) groups is 1. The predicted octanol–water partition coefficient (Wildman–Crippen LogP) is -0.841. The highest BCUT2D eigenvalue weighted by molar-refractivity contribution is 7.98. The minimum atomic E-state index is -0.963. The first-order chi connectivity index (χ1) is 8.51. The molecule has 1 saturated heterocycles. The van der Waals surface area contributed by atoms with Gasteiger partial charge >= 0.3 is 5.97 Å². The smallest absolute Gasteiger partial charge is 0.320 e. The van der Waals surface area contributed by atoms with E-state index >= 15 is 0 Å². The molecule has 1 aliphatic heterocycles. The van der Waals surface area contributed by atoms with Gasteiger partial charge in [-0.05, 0) is 18.4 Å². The van der Waals surface area contributed by atoms with Crippen molar-refractivity contribution >= 4 is 30.4 Å². The second-order valence-corrected chi connectivity index (χ2v) is 5.68. The summed E-state index contributed by atoms with van der Waals surface area (Å²) in [5, 5.41) is 30.0. The van der Waals surface area contributed by atoms with E-state index in [-0.39, 0.29) is 6.61 Å². The van der Waals surface area contributed by atoms with Gasteiger partial charge < -0.3 is 20.1 Å². The molecule has 0 spiro atoms. The number of hydrogen-bond acceptors (Lipinski definition) is 7. The lowest BCUT2D eigenvalue weighted by molar-refractivity contribution is -0.141. The Labute approximate surface area is 116 Å². The van der Waals surface area contributed by atoms with Gasteiger partial charge in [0.25, 0.3) is 0 Å². The van der Waals surface area contributed by atoms with Crippen LogP contribution in [0.5, 0.6) is 0 Å². The molecule has 0 aromatic carbocycles. The Bertz CT molecular complexity index is 281. The third-order valence-corrected chi connectivity index (χ3v) is 4.04. The number of hydrogen-bond donors (Lipinski definition) is 5. The maximum Gasteiger partial charge on any atom is 0.320 e. The highest BCUT2D eigenvalue weighted by atomic mass is 32.2. The minimum Gasteiger partial charge on any atom is -0.480 e. The number of ether oxygens (including phenoxy) is 1. The second-order valence-electron chi connectivity index (χ2n) is 4.10. The summed E-state index contributed by atoms with van der Waals surface area (Å²) in [5.74, 6) is -0.255. The van der Waals surface area contributed by atoms with Crippen LogP contribution in [-0.4, -0.2) is 69.6 Å². The molecular weight excluding hydrogens is 278 g/mol. The van der Waals surface area contributed by atoms with Crippen molar-refractivity contribution in [3.63, 3.8) is 0 Å². The summed E-state index contributed by atoms with van der Waals surface area (Å²) in [7, 11) is 0. The van der Waals surface area contributed by atoms with Crippen LogP contribution in [0.1, 0.15) is 6.42 Å². The van der Waals surface area contributed by atoms with Gasteiger partial charge in [-0.15, -0.1) is 0 Å². The van der Waals surface area contributed by atoms with Crippen LogP contribution in [0, 0.1) is 0 Å². The number of thioether (sulfide) groups is 1. The van der Waals surface area contributed by atoms with E-state index in [4.69, 9.17) is 14.9 Å². The van der Waals surface area contributed by atoms with Crippen LogP contribution in [-0.2, 0) is 9.53 Å². The molecule has 0 aromatic heterocycles. The quantitative estimate of drug-likeness (QED) is 0.391. The number of nitrogens with one attached hydrogen (secondary N) is 1. The monoisotopic (exact) mass is 297 g/mol. The SMILES string of the molecule is CSCC[C@H](NC1O[C@H](CO)[C@@H](O)[C@H]1S)C(=O)O. The molecule has 6 nitrogen and oxygen atoms in total. The summed E-state index contributed by atoms with van der Waals surface area (Å²) in [6, 6.07) is -0.748. The topological polar surface area (TPSA) is 99.0 Å². The third-order valence-electron chi connectivity index (χ3n) is 2.82. The lowest BCUT2D eigenvalue weighted by Crippen LogP contribution is -2.47. The lowest BCUT2D eigenvalue weighted by atomic mass is 10.1. The van der Waals surface area contributed by atoms with Gasteiger partial charge in [-0.25, -0.2) is 0 Å². The van der Waals surface area contributed by atoms with Gasteiger partial charge in [-0.3, -0.25) is 10.1 Å². The average Bonchev–Trinajstić information content (AvgIpc) is 2.61. The van der Waals surface area contributed by atoms with Gasteiger partial charge in [0.1, 0.15) is 18.4 Å². The Morgan fingerprint density at radius 1 is 1.61 bits per heavy atom. The van der Waals surface area contributed by atoms with Crippen LogP contribution in [0.2, 0.25) is 0 Å². The number of aliphatic hydroxyl groups is 2. The molecule has 5 atom stereocenters. The fraction of sp³-hybridized carbons (Fsp3) is 0.900.